The van der Waals surface area contributed by atoms with Gasteiger partial charge in [-0.15, -0.1) is 0 Å². The van der Waals surface area contributed by atoms with E-state index in [4.69, 9.17) is 0 Å². The fourth-order valence-electron chi connectivity index (χ4n) is 1.69. The van der Waals surface area contributed by atoms with Crippen LogP contribution in [0.1, 0.15) is 0 Å². The first kappa shape index (κ1) is 39.0. The molecule has 0 saturated carbocycles. The third kappa shape index (κ3) is 7.33. The molecular weight excluding hydrogens is 702 g/mol. The van der Waals surface area contributed by atoms with Crippen LogP contribution in [0.5, 0.6) is 0 Å². The van der Waals surface area contributed by atoms with E-state index in [1.165, 1.54) is 0 Å². The molecule has 0 unspecified atom stereocenters. The molecule has 0 N–H and O–H groups in total. The molecule has 7 nitrogen and oxygen atoms in total. The number of ether oxygens (including phenoxy) is 1. The van der Waals surface area contributed by atoms with E-state index in [1.807, 2.05) is 0 Å². The van der Waals surface area contributed by atoms with Crippen LogP contribution in [0, 0.1) is 0 Å². The van der Waals surface area contributed by atoms with E-state index in [9.17, 15) is 111 Å². The number of carbonyl (C=O) groups is 3. The third-order valence-corrected chi connectivity index (χ3v) is 5.96. The number of rotatable bonds is 8. The van der Waals surface area contributed by atoms with Crippen LogP contribution in [-0.4, -0.2) is 81.0 Å². The summed E-state index contributed by atoms with van der Waals surface area (Å²) in [5, 5.41) is 0. The lowest BCUT2D eigenvalue weighted by Crippen LogP contribution is -2.75. The van der Waals surface area contributed by atoms with Crippen molar-refractivity contribution in [3.63, 3.8) is 0 Å². The van der Waals surface area contributed by atoms with E-state index in [-0.39, 0.29) is 0 Å². The van der Waals surface area contributed by atoms with Crippen LogP contribution >= 0.6 is 0 Å². The highest BCUT2D eigenvalue weighted by atomic mass is 28.4. The highest BCUT2D eigenvalue weighted by molar-refractivity contribution is 6.68. The van der Waals surface area contributed by atoms with Gasteiger partial charge in [-0.3, -0.25) is 4.74 Å². The van der Waals surface area contributed by atoms with Gasteiger partial charge >= 0.3 is 81.0 Å². The van der Waals surface area contributed by atoms with E-state index < -0.39 is 81.0 Å². The molecule has 0 aromatic heterocycles. The van der Waals surface area contributed by atoms with Gasteiger partial charge in [0, 0.05) is 0 Å². The third-order valence-electron chi connectivity index (χ3n) is 3.52. The lowest BCUT2D eigenvalue weighted by molar-refractivity contribution is -0.512. The Labute approximate surface area is 211 Å². The SMILES string of the molecule is O=C(O[Si](OC(=O)C(F)(F)F)(OC(=O)C(F)(F)F)C(F)(F)C(F)(F)C(F)(F)OC(F)(C(F)(F)F)C(F)(F)F)C(F)(F)F. The lowest BCUT2D eigenvalue weighted by atomic mass is 10.2. The minimum Gasteiger partial charge on any atom is -0.445 e. The average Bonchev–Trinajstić information content (AvgIpc) is 2.68. The van der Waals surface area contributed by atoms with E-state index >= 15 is 0 Å². The molecule has 0 spiro atoms. The van der Waals surface area contributed by atoms with Crippen molar-refractivity contribution >= 4 is 26.7 Å². The Morgan fingerprint density at radius 3 is 0.857 bits per heavy atom. The Morgan fingerprint density at radius 2 is 0.667 bits per heavy atom. The normalized spacial score (nSPS) is 15.3. The molecule has 42 heavy (non-hydrogen) atoms. The van der Waals surface area contributed by atoms with Gasteiger partial charge in [0.05, 0.1) is 0 Å². The molecule has 0 rings (SSSR count). The molecule has 0 aliphatic heterocycles. The van der Waals surface area contributed by atoms with Gasteiger partial charge < -0.3 is 13.3 Å². The minimum absolute atomic E-state index is 1.07. The molecule has 0 aliphatic rings. The predicted molar refractivity (Wildman–Crippen MR) is 74.1 cm³/mol. The Bertz CT molecular complexity index is 949. The smallest absolute Gasteiger partial charge is 0.445 e. The molecule has 0 aliphatic carbocycles. The second-order valence-corrected chi connectivity index (χ2v) is 8.93. The summed E-state index contributed by atoms with van der Waals surface area (Å²) in [4.78, 5) is 32.5. The summed E-state index contributed by atoms with van der Waals surface area (Å²) in [6, 6.07) is 0. The Balaban J connectivity index is 7.75. The number of carbonyl (C=O) groups excluding carboxylic acids is 3. The van der Waals surface area contributed by atoms with Crippen LogP contribution in [-0.2, 0) is 32.4 Å². The van der Waals surface area contributed by atoms with Crippen LogP contribution in [0.3, 0.4) is 0 Å². The van der Waals surface area contributed by atoms with E-state index in [1.54, 1.807) is 0 Å². The second kappa shape index (κ2) is 10.6. The van der Waals surface area contributed by atoms with Gasteiger partial charge in [-0.05, 0) is 0 Å². The van der Waals surface area contributed by atoms with Gasteiger partial charge in [-0.25, -0.2) is 14.4 Å². The first-order valence-corrected chi connectivity index (χ1v) is 10.1. The van der Waals surface area contributed by atoms with Gasteiger partial charge in [0.15, 0.2) is 0 Å². The number of hydrogen-bond donors (Lipinski definition) is 0. The van der Waals surface area contributed by atoms with Crippen molar-refractivity contribution in [3.05, 3.63) is 0 Å². The molecule has 0 saturated heterocycles. The molecule has 0 heterocycles. The molecule has 30 heteroatoms. The zero-order chi connectivity index (χ0) is 34.6. The highest BCUT2D eigenvalue weighted by Crippen LogP contribution is 2.57. The molecule has 0 amide bonds. The molecule has 0 radical (unpaired) electrons. The Morgan fingerprint density at radius 1 is 0.429 bits per heavy atom. The quantitative estimate of drug-likeness (QED) is 0.246. The summed E-state index contributed by atoms with van der Waals surface area (Å²) in [6.45, 7) is 0. The van der Waals surface area contributed by atoms with Gasteiger partial charge in [0.25, 0.3) is 0 Å². The lowest BCUT2D eigenvalue weighted by Gasteiger charge is -2.40. The van der Waals surface area contributed by atoms with Gasteiger partial charge in [-0.1, -0.05) is 0 Å². The summed E-state index contributed by atoms with van der Waals surface area (Å²) >= 11 is 0. The topological polar surface area (TPSA) is 88.1 Å². The summed E-state index contributed by atoms with van der Waals surface area (Å²) in [6.07, 6.45) is -46.2. The highest BCUT2D eigenvalue weighted by Gasteiger charge is 2.93. The summed E-state index contributed by atoms with van der Waals surface area (Å²) in [5.74, 6) is -31.7. The molecule has 0 aromatic rings. The van der Waals surface area contributed by atoms with Gasteiger partial charge in [0.1, 0.15) is 0 Å². The maximum atomic E-state index is 14.6. The maximum Gasteiger partial charge on any atom is 0.787 e. The molecule has 248 valence electrons. The van der Waals surface area contributed by atoms with Gasteiger partial charge in [-0.2, -0.15) is 96.6 Å². The number of halogens is 22. The van der Waals surface area contributed by atoms with Crippen molar-refractivity contribution in [2.45, 2.75) is 54.3 Å². The van der Waals surface area contributed by atoms with Crippen molar-refractivity contribution in [3.8, 4) is 0 Å². The fraction of sp³-hybridized carbons (Fsp3) is 0.750. The van der Waals surface area contributed by atoms with E-state index in [0.717, 1.165) is 4.74 Å². The average molecular weight is 702 g/mol. The molecule has 0 atom stereocenters. The molecule has 0 fully saturated rings. The Kier molecular flexibility index (Phi) is 9.89. The second-order valence-electron chi connectivity index (χ2n) is 6.58. The monoisotopic (exact) mass is 702 g/mol. The van der Waals surface area contributed by atoms with Crippen LogP contribution < -0.4 is 0 Å². The van der Waals surface area contributed by atoms with Crippen LogP contribution in [0.25, 0.3) is 0 Å². The minimum atomic E-state index is -9.99. The van der Waals surface area contributed by atoms with Crippen LogP contribution in [0.4, 0.5) is 96.6 Å². The Hall–Kier alpha value is -2.95. The van der Waals surface area contributed by atoms with Crippen molar-refractivity contribution in [2.24, 2.45) is 0 Å². The van der Waals surface area contributed by atoms with Crippen LogP contribution in [0.2, 0.25) is 0 Å². The van der Waals surface area contributed by atoms with Crippen molar-refractivity contribution < 1.29 is 129 Å². The van der Waals surface area contributed by atoms with E-state index in [0.29, 0.717) is 0 Å². The predicted octanol–water partition coefficient (Wildman–Crippen LogP) is 5.45. The number of hydrogen-bond acceptors (Lipinski definition) is 7. The molecule has 0 bridgehead atoms. The summed E-state index contributed by atoms with van der Waals surface area (Å²) in [5.41, 5.74) is -8.69. The summed E-state index contributed by atoms with van der Waals surface area (Å²) in [7, 11) is -9.99. The van der Waals surface area contributed by atoms with Crippen molar-refractivity contribution in [1.29, 1.82) is 0 Å². The van der Waals surface area contributed by atoms with Crippen molar-refractivity contribution in [2.75, 3.05) is 0 Å². The molecular formula is C12F22O7Si. The fourth-order valence-corrected chi connectivity index (χ4v) is 3.81. The zero-order valence-electron chi connectivity index (χ0n) is 17.7. The number of alkyl halides is 22. The van der Waals surface area contributed by atoms with Gasteiger partial charge in [0.2, 0.25) is 0 Å². The maximum absolute atomic E-state index is 14.6. The largest absolute Gasteiger partial charge is 0.787 e. The summed E-state index contributed by atoms with van der Waals surface area (Å²) < 4.78 is 292. The van der Waals surface area contributed by atoms with E-state index in [2.05, 4.69) is 13.3 Å². The van der Waals surface area contributed by atoms with Crippen molar-refractivity contribution in [1.82, 2.24) is 0 Å². The molecule has 0 aromatic carbocycles. The first-order valence-electron chi connectivity index (χ1n) is 8.40. The standard InChI is InChI=1S/C12F22O7Si/c13-4(14,15)1(35)38-42(39-2(36)5(16,17)18,40-3(37)6(19,20)21)12(33,34)7(22,23)11(31,32)41-8(24,9(25,26)27)10(28,29)30. The first-order chi connectivity index (χ1) is 17.8. The zero-order valence-corrected chi connectivity index (χ0v) is 18.7. The van der Waals surface area contributed by atoms with Crippen LogP contribution in [0.15, 0.2) is 0 Å².